The van der Waals surface area contributed by atoms with Crippen molar-refractivity contribution in [2.24, 2.45) is 5.92 Å². The largest absolute Gasteiger partial charge is 0.455 e. The number of ether oxygens (including phenoxy) is 2. The maximum absolute atomic E-state index is 13.4. The number of allylic oxidation sites excluding steroid dienone is 2. The van der Waals surface area contributed by atoms with Crippen LogP contribution in [0.3, 0.4) is 0 Å². The summed E-state index contributed by atoms with van der Waals surface area (Å²) in [5.41, 5.74) is 1.69. The molecule has 0 saturated carbocycles. The summed E-state index contributed by atoms with van der Waals surface area (Å²) < 4.78 is 11.2. The predicted molar refractivity (Wildman–Crippen MR) is 151 cm³/mol. The first-order chi connectivity index (χ1) is 18.9. The van der Waals surface area contributed by atoms with Crippen molar-refractivity contribution < 1.29 is 29.0 Å². The lowest BCUT2D eigenvalue weighted by Crippen LogP contribution is -2.47. The zero-order chi connectivity index (χ0) is 28.5. The molecule has 0 aliphatic carbocycles. The zero-order valence-electron chi connectivity index (χ0n) is 22.6. The molecule has 2 aromatic rings. The first kappa shape index (κ1) is 31.5. The Balaban J connectivity index is 2.14. The maximum atomic E-state index is 13.4. The number of carbonyl (C=O) groups excluding carboxylic acids is 3. The number of aliphatic hydroxyl groups is 1. The molecule has 0 heterocycles. The van der Waals surface area contributed by atoms with Gasteiger partial charge in [-0.05, 0) is 30.4 Å². The molecule has 0 bridgehead atoms. The third-order valence-corrected chi connectivity index (χ3v) is 6.14. The van der Waals surface area contributed by atoms with Gasteiger partial charge >= 0.3 is 5.97 Å². The van der Waals surface area contributed by atoms with E-state index in [0.717, 1.165) is 5.56 Å². The van der Waals surface area contributed by atoms with Crippen molar-refractivity contribution in [3.05, 3.63) is 97.1 Å². The highest BCUT2D eigenvalue weighted by molar-refractivity contribution is 5.86. The van der Waals surface area contributed by atoms with Crippen molar-refractivity contribution in [1.29, 1.82) is 0 Å². The molecule has 0 unspecified atom stereocenters. The highest BCUT2D eigenvalue weighted by Crippen LogP contribution is 2.24. The minimum atomic E-state index is -0.796. The van der Waals surface area contributed by atoms with Crippen molar-refractivity contribution in [3.8, 4) is 0 Å². The Morgan fingerprint density at radius 1 is 0.974 bits per heavy atom. The van der Waals surface area contributed by atoms with Gasteiger partial charge in [-0.2, -0.15) is 0 Å². The average Bonchev–Trinajstić information content (AvgIpc) is 2.95. The molecule has 3 N–H and O–H groups in total. The summed E-state index contributed by atoms with van der Waals surface area (Å²) in [4.78, 5) is 38.8. The quantitative estimate of drug-likeness (QED) is 0.198. The Morgan fingerprint density at radius 3 is 2.23 bits per heavy atom. The number of aliphatic hydroxyl groups excluding tert-OH is 1. The molecule has 8 heteroatoms. The molecular weight excluding hydrogens is 496 g/mol. The molecule has 2 rings (SSSR count). The monoisotopic (exact) mass is 536 g/mol. The summed E-state index contributed by atoms with van der Waals surface area (Å²) >= 11 is 0. The van der Waals surface area contributed by atoms with Crippen LogP contribution in [-0.2, 0) is 30.3 Å². The number of methoxy groups -OCH3 is 1. The van der Waals surface area contributed by atoms with Crippen LogP contribution in [0.1, 0.15) is 42.9 Å². The van der Waals surface area contributed by atoms with Gasteiger partial charge in [-0.25, -0.2) is 0 Å². The van der Waals surface area contributed by atoms with E-state index in [-0.39, 0.29) is 38.4 Å². The summed E-state index contributed by atoms with van der Waals surface area (Å²) in [5, 5.41) is 15.5. The van der Waals surface area contributed by atoms with Gasteiger partial charge in [-0.15, -0.1) is 13.2 Å². The molecule has 210 valence electrons. The van der Waals surface area contributed by atoms with Crippen LogP contribution in [0.5, 0.6) is 0 Å². The van der Waals surface area contributed by atoms with Crippen molar-refractivity contribution in [2.75, 3.05) is 20.3 Å². The molecule has 0 saturated heterocycles. The van der Waals surface area contributed by atoms with Gasteiger partial charge in [0.25, 0.3) is 0 Å². The van der Waals surface area contributed by atoms with E-state index in [2.05, 4.69) is 23.8 Å². The molecule has 0 aromatic heterocycles. The van der Waals surface area contributed by atoms with Gasteiger partial charge in [0.1, 0.15) is 6.10 Å². The van der Waals surface area contributed by atoms with Crippen LogP contribution in [0.4, 0.5) is 0 Å². The summed E-state index contributed by atoms with van der Waals surface area (Å²) in [7, 11) is 1.50. The second-order valence-corrected chi connectivity index (χ2v) is 9.28. The normalized spacial score (nSPS) is 13.8. The lowest BCUT2D eigenvalue weighted by atomic mass is 9.97. The highest BCUT2D eigenvalue weighted by atomic mass is 16.5. The van der Waals surface area contributed by atoms with Crippen LogP contribution in [-0.4, -0.2) is 55.3 Å². The molecule has 2 amide bonds. The Labute approximate surface area is 231 Å². The fourth-order valence-corrected chi connectivity index (χ4v) is 4.19. The van der Waals surface area contributed by atoms with Crippen LogP contribution in [0.2, 0.25) is 0 Å². The van der Waals surface area contributed by atoms with E-state index in [0.29, 0.717) is 18.4 Å². The number of amides is 2. The summed E-state index contributed by atoms with van der Waals surface area (Å²) in [6.45, 7) is 7.22. The lowest BCUT2D eigenvalue weighted by molar-refractivity contribution is -0.153. The third-order valence-electron chi connectivity index (χ3n) is 6.14. The summed E-state index contributed by atoms with van der Waals surface area (Å²) in [6, 6.07) is 17.5. The zero-order valence-corrected chi connectivity index (χ0v) is 22.6. The van der Waals surface area contributed by atoms with Crippen LogP contribution in [0.25, 0.3) is 0 Å². The predicted octanol–water partition coefficient (Wildman–Crippen LogP) is 3.67. The molecule has 4 atom stereocenters. The lowest BCUT2D eigenvalue weighted by Gasteiger charge is -2.29. The number of hydrogen-bond donors (Lipinski definition) is 3. The topological polar surface area (TPSA) is 114 Å². The fraction of sp³-hybridized carbons (Fsp3) is 0.387. The van der Waals surface area contributed by atoms with E-state index in [4.69, 9.17) is 9.47 Å². The molecule has 0 aliphatic rings. The Morgan fingerprint density at radius 2 is 1.64 bits per heavy atom. The molecule has 8 nitrogen and oxygen atoms in total. The SMILES string of the molecule is C=CCCC(=O)O[C@@H](c1ccccc1)[C@H](COC)NC(=O)[C@@H](CC=C)CC(=O)N[C@H](CO)Cc1ccccc1. The van der Waals surface area contributed by atoms with Crippen molar-refractivity contribution in [3.63, 3.8) is 0 Å². The molecule has 0 radical (unpaired) electrons. The smallest absolute Gasteiger partial charge is 0.306 e. The maximum Gasteiger partial charge on any atom is 0.306 e. The first-order valence-electron chi connectivity index (χ1n) is 13.1. The van der Waals surface area contributed by atoms with Gasteiger partial charge in [0.2, 0.25) is 11.8 Å². The van der Waals surface area contributed by atoms with E-state index in [1.165, 1.54) is 7.11 Å². The number of nitrogens with one attached hydrogen (secondary N) is 2. The Hall–Kier alpha value is -3.75. The summed E-state index contributed by atoms with van der Waals surface area (Å²) in [5.74, 6) is -1.88. The van der Waals surface area contributed by atoms with E-state index < -0.39 is 36.0 Å². The van der Waals surface area contributed by atoms with Gasteiger partial charge in [0.15, 0.2) is 0 Å². The number of benzene rings is 2. The van der Waals surface area contributed by atoms with E-state index in [1.807, 2.05) is 60.7 Å². The van der Waals surface area contributed by atoms with Crippen LogP contribution >= 0.6 is 0 Å². The fourth-order valence-electron chi connectivity index (χ4n) is 4.19. The van der Waals surface area contributed by atoms with Crippen molar-refractivity contribution in [2.45, 2.75) is 50.3 Å². The molecule has 0 fully saturated rings. The highest BCUT2D eigenvalue weighted by Gasteiger charge is 2.31. The molecule has 39 heavy (non-hydrogen) atoms. The molecule has 2 aromatic carbocycles. The third kappa shape index (κ3) is 11.3. The number of rotatable bonds is 18. The van der Waals surface area contributed by atoms with Gasteiger partial charge in [0.05, 0.1) is 31.2 Å². The van der Waals surface area contributed by atoms with Crippen molar-refractivity contribution >= 4 is 17.8 Å². The van der Waals surface area contributed by atoms with Crippen molar-refractivity contribution in [1.82, 2.24) is 10.6 Å². The molecule has 0 spiro atoms. The van der Waals surface area contributed by atoms with Gasteiger partial charge in [0, 0.05) is 20.0 Å². The molecular formula is C31H40N2O6. The van der Waals surface area contributed by atoms with Crippen LogP contribution in [0.15, 0.2) is 86.0 Å². The number of carbonyl (C=O) groups is 3. The molecule has 0 aliphatic heterocycles. The second-order valence-electron chi connectivity index (χ2n) is 9.28. The summed E-state index contributed by atoms with van der Waals surface area (Å²) in [6.07, 6.45) is 3.68. The Kier molecular flexibility index (Phi) is 14.3. The Bertz CT molecular complexity index is 1040. The minimum absolute atomic E-state index is 0.0801. The van der Waals surface area contributed by atoms with Crippen LogP contribution in [0, 0.1) is 5.92 Å². The van der Waals surface area contributed by atoms with Gasteiger partial charge in [-0.1, -0.05) is 72.8 Å². The van der Waals surface area contributed by atoms with Gasteiger partial charge < -0.3 is 25.2 Å². The number of esters is 1. The van der Waals surface area contributed by atoms with E-state index >= 15 is 0 Å². The second kappa shape index (κ2) is 17.7. The van der Waals surface area contributed by atoms with Crippen LogP contribution < -0.4 is 10.6 Å². The van der Waals surface area contributed by atoms with E-state index in [9.17, 15) is 19.5 Å². The van der Waals surface area contributed by atoms with Gasteiger partial charge in [-0.3, -0.25) is 14.4 Å². The minimum Gasteiger partial charge on any atom is -0.455 e. The standard InChI is InChI=1S/C31H40N2O6/c1-4-6-18-29(36)39-30(24-16-11-8-12-17-24)27(22-38-3)33-31(37)25(13-5-2)20-28(35)32-26(21-34)19-23-14-9-7-10-15-23/h4-5,7-12,14-17,25-27,30,34H,1-2,6,13,18-22H2,3H3,(H,32,35)(H,33,37)/t25-,26-,27-,30-/m0/s1. The first-order valence-corrected chi connectivity index (χ1v) is 13.1. The average molecular weight is 537 g/mol. The van der Waals surface area contributed by atoms with E-state index in [1.54, 1.807) is 12.2 Å². The number of hydrogen-bond acceptors (Lipinski definition) is 6.